The quantitative estimate of drug-likeness (QED) is 0.851. The van der Waals surface area contributed by atoms with Crippen LogP contribution < -0.4 is 0 Å². The predicted molar refractivity (Wildman–Crippen MR) is 90.7 cm³/mol. The number of amides is 1. The minimum atomic E-state index is -0.0250. The van der Waals surface area contributed by atoms with E-state index in [1.54, 1.807) is 0 Å². The number of fused-ring (bicyclic) bond motifs is 1. The molecule has 1 fully saturated rings. The number of nitrogens with zero attached hydrogens (tertiary/aromatic N) is 4. The lowest BCUT2D eigenvalue weighted by atomic mass is 10.1. The van der Waals surface area contributed by atoms with Crippen molar-refractivity contribution in [2.24, 2.45) is 0 Å². The van der Waals surface area contributed by atoms with Crippen LogP contribution in [-0.4, -0.2) is 45.5 Å². The third-order valence-corrected chi connectivity index (χ3v) is 5.93. The first-order valence-corrected chi connectivity index (χ1v) is 9.52. The number of carbonyl (C=O) groups excluding carboxylic acids is 1. The molecule has 2 aromatic rings. The highest BCUT2D eigenvalue weighted by Gasteiger charge is 2.34. The van der Waals surface area contributed by atoms with Gasteiger partial charge in [0.25, 0.3) is 0 Å². The summed E-state index contributed by atoms with van der Waals surface area (Å²) < 4.78 is 5.23. The average molecular weight is 346 g/mol. The van der Waals surface area contributed by atoms with Gasteiger partial charge >= 0.3 is 0 Å². The highest BCUT2D eigenvalue weighted by Crippen LogP contribution is 2.31. The highest BCUT2D eigenvalue weighted by atomic mass is 32.1. The summed E-state index contributed by atoms with van der Waals surface area (Å²) in [4.78, 5) is 22.9. The smallest absolute Gasteiger partial charge is 0.237 e. The lowest BCUT2D eigenvalue weighted by molar-refractivity contribution is -0.133. The number of likely N-dealkylation sites (tertiary alicyclic amines) is 1. The summed E-state index contributed by atoms with van der Waals surface area (Å²) in [5.41, 5.74) is 1.38. The Labute approximate surface area is 145 Å². The van der Waals surface area contributed by atoms with Gasteiger partial charge in [-0.3, -0.25) is 9.69 Å². The fourth-order valence-electron chi connectivity index (χ4n) is 3.60. The van der Waals surface area contributed by atoms with E-state index < -0.39 is 0 Å². The third-order valence-electron chi connectivity index (χ3n) is 4.90. The fourth-order valence-corrected chi connectivity index (χ4v) is 4.49. The van der Waals surface area contributed by atoms with E-state index >= 15 is 0 Å². The lowest BCUT2D eigenvalue weighted by Crippen LogP contribution is -2.41. The maximum Gasteiger partial charge on any atom is 0.237 e. The molecule has 2 aliphatic heterocycles. The van der Waals surface area contributed by atoms with Crippen molar-refractivity contribution in [2.75, 3.05) is 19.6 Å². The molecule has 0 radical (unpaired) electrons. The van der Waals surface area contributed by atoms with Gasteiger partial charge in [-0.1, -0.05) is 12.1 Å². The number of rotatable bonds is 4. The van der Waals surface area contributed by atoms with Crippen molar-refractivity contribution in [1.29, 1.82) is 0 Å². The Balaban J connectivity index is 1.42. The van der Waals surface area contributed by atoms with E-state index in [-0.39, 0.29) is 11.9 Å². The molecule has 7 heteroatoms. The monoisotopic (exact) mass is 346 g/mol. The van der Waals surface area contributed by atoms with E-state index in [1.807, 2.05) is 23.2 Å². The molecule has 0 saturated carbocycles. The van der Waals surface area contributed by atoms with Crippen molar-refractivity contribution in [2.45, 2.75) is 45.2 Å². The van der Waals surface area contributed by atoms with Crippen molar-refractivity contribution >= 4 is 17.2 Å². The maximum atomic E-state index is 12.8. The lowest BCUT2D eigenvalue weighted by Gasteiger charge is -2.29. The van der Waals surface area contributed by atoms with E-state index in [0.717, 1.165) is 45.3 Å². The molecule has 1 amide bonds. The van der Waals surface area contributed by atoms with Crippen LogP contribution in [0.2, 0.25) is 0 Å². The standard InChI is InChI=1S/C17H22N4O2S/c1-2-15-18-17(19-23-15)13-4-3-7-21(13)16(22)11-20-8-5-14-12(10-20)6-9-24-14/h6,9,13H,2-5,7-8,10-11H2,1H3. The van der Waals surface area contributed by atoms with Gasteiger partial charge in [-0.2, -0.15) is 4.98 Å². The number of hydrogen-bond donors (Lipinski definition) is 0. The van der Waals surface area contributed by atoms with Gasteiger partial charge in [0.2, 0.25) is 11.8 Å². The molecule has 0 aliphatic carbocycles. The van der Waals surface area contributed by atoms with E-state index in [4.69, 9.17) is 4.52 Å². The van der Waals surface area contributed by atoms with Gasteiger partial charge in [-0.05, 0) is 36.3 Å². The molecule has 1 unspecified atom stereocenters. The van der Waals surface area contributed by atoms with Crippen LogP contribution in [0.1, 0.15) is 48.0 Å². The van der Waals surface area contributed by atoms with Crippen LogP contribution in [0.4, 0.5) is 0 Å². The Morgan fingerprint density at radius 2 is 2.38 bits per heavy atom. The van der Waals surface area contributed by atoms with E-state index in [0.29, 0.717) is 18.3 Å². The second-order valence-electron chi connectivity index (χ2n) is 6.47. The normalized spacial score (nSPS) is 21.2. The van der Waals surface area contributed by atoms with Crippen LogP contribution in [0.15, 0.2) is 16.0 Å². The van der Waals surface area contributed by atoms with Crippen LogP contribution in [0, 0.1) is 0 Å². The van der Waals surface area contributed by atoms with Gasteiger partial charge in [-0.25, -0.2) is 0 Å². The first-order valence-electron chi connectivity index (χ1n) is 8.64. The zero-order valence-electron chi connectivity index (χ0n) is 13.9. The topological polar surface area (TPSA) is 62.5 Å². The second kappa shape index (κ2) is 6.64. The zero-order valence-corrected chi connectivity index (χ0v) is 14.7. The molecule has 1 atom stereocenters. The molecule has 0 aromatic carbocycles. The summed E-state index contributed by atoms with van der Waals surface area (Å²) >= 11 is 1.82. The maximum absolute atomic E-state index is 12.8. The van der Waals surface area contributed by atoms with Crippen LogP contribution >= 0.6 is 11.3 Å². The van der Waals surface area contributed by atoms with E-state index in [1.165, 1.54) is 10.4 Å². The van der Waals surface area contributed by atoms with Crippen molar-refractivity contribution in [3.8, 4) is 0 Å². The average Bonchev–Trinajstić information content (AvgIpc) is 3.32. The van der Waals surface area contributed by atoms with E-state index in [2.05, 4.69) is 26.5 Å². The third kappa shape index (κ3) is 2.98. The molecule has 6 nitrogen and oxygen atoms in total. The second-order valence-corrected chi connectivity index (χ2v) is 7.48. The summed E-state index contributed by atoms with van der Waals surface area (Å²) in [5, 5.41) is 6.23. The molecule has 1 saturated heterocycles. The summed E-state index contributed by atoms with van der Waals surface area (Å²) in [5.74, 6) is 1.49. The van der Waals surface area contributed by atoms with Gasteiger partial charge in [0.1, 0.15) is 0 Å². The van der Waals surface area contributed by atoms with Crippen LogP contribution in [0.25, 0.3) is 0 Å². The van der Waals surface area contributed by atoms with Gasteiger partial charge < -0.3 is 9.42 Å². The predicted octanol–water partition coefficient (Wildman–Crippen LogP) is 2.42. The number of aromatic nitrogens is 2. The zero-order chi connectivity index (χ0) is 16.5. The SMILES string of the molecule is CCc1nc(C2CCCN2C(=O)CN2CCc3sccc3C2)no1. The molecule has 4 heterocycles. The Bertz CT molecular complexity index is 726. The molecular weight excluding hydrogens is 324 g/mol. The Morgan fingerprint density at radius 3 is 3.21 bits per heavy atom. The minimum absolute atomic E-state index is 0.0250. The first-order chi connectivity index (χ1) is 11.7. The van der Waals surface area contributed by atoms with Crippen molar-refractivity contribution in [1.82, 2.24) is 19.9 Å². The Hall–Kier alpha value is -1.73. The van der Waals surface area contributed by atoms with Gasteiger partial charge in [0, 0.05) is 30.9 Å². The summed E-state index contributed by atoms with van der Waals surface area (Å²) in [6.07, 6.45) is 3.70. The minimum Gasteiger partial charge on any atom is -0.339 e. The van der Waals surface area contributed by atoms with Gasteiger partial charge in [0.15, 0.2) is 5.82 Å². The molecule has 2 aromatic heterocycles. The highest BCUT2D eigenvalue weighted by molar-refractivity contribution is 7.10. The Morgan fingerprint density at radius 1 is 1.46 bits per heavy atom. The van der Waals surface area contributed by atoms with Crippen molar-refractivity contribution in [3.05, 3.63) is 33.6 Å². The molecule has 0 N–H and O–H groups in total. The van der Waals surface area contributed by atoms with E-state index in [9.17, 15) is 4.79 Å². The summed E-state index contributed by atoms with van der Waals surface area (Å²) in [6, 6.07) is 2.16. The number of thiophene rings is 1. The molecule has 0 spiro atoms. The fraction of sp³-hybridized carbons (Fsp3) is 0.588. The van der Waals surface area contributed by atoms with Gasteiger partial charge in [-0.15, -0.1) is 11.3 Å². The van der Waals surface area contributed by atoms with Crippen molar-refractivity contribution < 1.29 is 9.32 Å². The number of hydrogen-bond acceptors (Lipinski definition) is 6. The summed E-state index contributed by atoms with van der Waals surface area (Å²) in [6.45, 7) is 5.09. The number of aryl methyl sites for hydroxylation is 1. The molecule has 24 heavy (non-hydrogen) atoms. The summed E-state index contributed by atoms with van der Waals surface area (Å²) in [7, 11) is 0. The molecule has 4 rings (SSSR count). The van der Waals surface area contributed by atoms with Crippen LogP contribution in [-0.2, 0) is 24.2 Å². The first kappa shape index (κ1) is 15.8. The largest absolute Gasteiger partial charge is 0.339 e. The molecular formula is C17H22N4O2S. The van der Waals surface area contributed by atoms with Crippen LogP contribution in [0.3, 0.4) is 0 Å². The molecule has 0 bridgehead atoms. The Kier molecular flexibility index (Phi) is 4.37. The van der Waals surface area contributed by atoms with Crippen molar-refractivity contribution in [3.63, 3.8) is 0 Å². The number of carbonyl (C=O) groups is 1. The van der Waals surface area contributed by atoms with Crippen LogP contribution in [0.5, 0.6) is 0 Å². The van der Waals surface area contributed by atoms with Gasteiger partial charge in [0.05, 0.1) is 12.6 Å². The molecule has 2 aliphatic rings. The molecule has 128 valence electrons.